The van der Waals surface area contributed by atoms with Crippen LogP contribution in [0.3, 0.4) is 0 Å². The third kappa shape index (κ3) is 2.62. The summed E-state index contributed by atoms with van der Waals surface area (Å²) < 4.78 is 11.2. The zero-order valence-electron chi connectivity index (χ0n) is 12.5. The first-order valence-corrected chi connectivity index (χ1v) is 7.69. The Balaban J connectivity index is 1.71. The van der Waals surface area contributed by atoms with Gasteiger partial charge in [-0.1, -0.05) is 31.2 Å². The number of benzene rings is 1. The van der Waals surface area contributed by atoms with E-state index in [4.69, 9.17) is 9.47 Å². The minimum Gasteiger partial charge on any atom is -0.378 e. The van der Waals surface area contributed by atoms with Crippen LogP contribution in [0.25, 0.3) is 0 Å². The first kappa shape index (κ1) is 14.1. The van der Waals surface area contributed by atoms with Crippen LogP contribution in [0.15, 0.2) is 24.3 Å². The Hall–Kier alpha value is -0.900. The molecule has 3 heteroatoms. The molecule has 0 saturated carbocycles. The fourth-order valence-corrected chi connectivity index (χ4v) is 3.49. The molecule has 3 unspecified atom stereocenters. The van der Waals surface area contributed by atoms with E-state index in [1.165, 1.54) is 24.0 Å². The number of ether oxygens (including phenoxy) is 2. The number of rotatable bonds is 4. The first-order chi connectivity index (χ1) is 9.74. The Bertz CT molecular complexity index is 454. The molecular weight excluding hydrogens is 250 g/mol. The van der Waals surface area contributed by atoms with Crippen molar-refractivity contribution in [2.24, 2.45) is 0 Å². The summed E-state index contributed by atoms with van der Waals surface area (Å²) in [7, 11) is 1.80. The second-order valence-corrected chi connectivity index (χ2v) is 6.23. The van der Waals surface area contributed by atoms with Gasteiger partial charge in [0.05, 0.1) is 6.61 Å². The normalized spacial score (nSPS) is 33.1. The molecule has 2 aliphatic rings. The molecule has 1 heterocycles. The van der Waals surface area contributed by atoms with Crippen molar-refractivity contribution in [2.75, 3.05) is 26.9 Å². The summed E-state index contributed by atoms with van der Waals surface area (Å²) in [5.74, 6) is 0.676. The van der Waals surface area contributed by atoms with E-state index in [-0.39, 0.29) is 5.60 Å². The van der Waals surface area contributed by atoms with Crippen LogP contribution in [0.5, 0.6) is 0 Å². The predicted molar refractivity (Wildman–Crippen MR) is 80.0 cm³/mol. The SMILES string of the molecule is COC1(CNC2CCC(C)c3ccccc32)CCOC1. The molecule has 3 nitrogen and oxygen atoms in total. The monoisotopic (exact) mass is 275 g/mol. The number of fused-ring (bicyclic) bond motifs is 1. The summed E-state index contributed by atoms with van der Waals surface area (Å²) in [5.41, 5.74) is 2.85. The third-order valence-corrected chi connectivity index (χ3v) is 4.96. The predicted octanol–water partition coefficient (Wildman–Crippen LogP) is 3.02. The lowest BCUT2D eigenvalue weighted by Gasteiger charge is -2.34. The summed E-state index contributed by atoms with van der Waals surface area (Å²) in [6.07, 6.45) is 3.45. The van der Waals surface area contributed by atoms with Gasteiger partial charge in [-0.05, 0) is 29.9 Å². The lowest BCUT2D eigenvalue weighted by molar-refractivity contribution is -0.0179. The van der Waals surface area contributed by atoms with Gasteiger partial charge in [0.25, 0.3) is 0 Å². The second-order valence-electron chi connectivity index (χ2n) is 6.23. The summed E-state index contributed by atoms with van der Waals surface area (Å²) in [6.45, 7) is 4.72. The van der Waals surface area contributed by atoms with Crippen molar-refractivity contribution in [1.82, 2.24) is 5.32 Å². The Morgan fingerprint density at radius 2 is 2.10 bits per heavy atom. The van der Waals surface area contributed by atoms with E-state index >= 15 is 0 Å². The molecular formula is C17H25NO2. The Kier molecular flexibility index (Phi) is 4.11. The highest BCUT2D eigenvalue weighted by molar-refractivity contribution is 5.34. The van der Waals surface area contributed by atoms with Gasteiger partial charge in [-0.3, -0.25) is 0 Å². The number of hydrogen-bond donors (Lipinski definition) is 1. The molecule has 1 aromatic carbocycles. The summed E-state index contributed by atoms with van der Waals surface area (Å²) in [5, 5.41) is 3.73. The van der Waals surface area contributed by atoms with Gasteiger partial charge in [0.2, 0.25) is 0 Å². The minimum atomic E-state index is -0.127. The highest BCUT2D eigenvalue weighted by Crippen LogP contribution is 2.37. The topological polar surface area (TPSA) is 30.5 Å². The van der Waals surface area contributed by atoms with Gasteiger partial charge in [-0.2, -0.15) is 0 Å². The molecule has 1 aliphatic heterocycles. The van der Waals surface area contributed by atoms with Gasteiger partial charge < -0.3 is 14.8 Å². The van der Waals surface area contributed by atoms with Gasteiger partial charge in [0.1, 0.15) is 5.60 Å². The molecule has 1 N–H and O–H groups in total. The first-order valence-electron chi connectivity index (χ1n) is 7.69. The fourth-order valence-electron chi connectivity index (χ4n) is 3.49. The van der Waals surface area contributed by atoms with Crippen LogP contribution in [0, 0.1) is 0 Å². The average molecular weight is 275 g/mol. The highest BCUT2D eigenvalue weighted by atomic mass is 16.5. The molecule has 1 aromatic rings. The fraction of sp³-hybridized carbons (Fsp3) is 0.647. The quantitative estimate of drug-likeness (QED) is 0.916. The van der Waals surface area contributed by atoms with E-state index in [9.17, 15) is 0 Å². The zero-order chi connectivity index (χ0) is 14.0. The van der Waals surface area contributed by atoms with Crippen LogP contribution in [0.2, 0.25) is 0 Å². The van der Waals surface area contributed by atoms with Crippen LogP contribution in [-0.2, 0) is 9.47 Å². The third-order valence-electron chi connectivity index (χ3n) is 4.96. The largest absolute Gasteiger partial charge is 0.378 e. The molecule has 20 heavy (non-hydrogen) atoms. The number of methoxy groups -OCH3 is 1. The smallest absolute Gasteiger partial charge is 0.106 e. The summed E-state index contributed by atoms with van der Waals surface area (Å²) in [4.78, 5) is 0. The van der Waals surface area contributed by atoms with E-state index in [0.29, 0.717) is 18.6 Å². The Morgan fingerprint density at radius 3 is 2.80 bits per heavy atom. The molecule has 1 aliphatic carbocycles. The number of nitrogens with one attached hydrogen (secondary N) is 1. The molecule has 0 radical (unpaired) electrons. The van der Waals surface area contributed by atoms with E-state index in [1.54, 1.807) is 7.11 Å². The van der Waals surface area contributed by atoms with E-state index < -0.39 is 0 Å². The number of hydrogen-bond acceptors (Lipinski definition) is 3. The highest BCUT2D eigenvalue weighted by Gasteiger charge is 2.36. The molecule has 1 fully saturated rings. The summed E-state index contributed by atoms with van der Waals surface area (Å²) >= 11 is 0. The van der Waals surface area contributed by atoms with Gasteiger partial charge in [0, 0.05) is 32.7 Å². The maximum atomic E-state index is 5.71. The standard InChI is InChI=1S/C17H25NO2/c1-13-7-8-16(15-6-4-3-5-14(13)15)18-11-17(19-2)9-10-20-12-17/h3-6,13,16,18H,7-12H2,1-2H3. The van der Waals surface area contributed by atoms with Crippen LogP contribution in [0.1, 0.15) is 49.3 Å². The van der Waals surface area contributed by atoms with Crippen molar-refractivity contribution in [3.63, 3.8) is 0 Å². The molecule has 0 spiro atoms. The summed E-state index contributed by atoms with van der Waals surface area (Å²) in [6, 6.07) is 9.30. The molecule has 0 amide bonds. The molecule has 1 saturated heterocycles. The van der Waals surface area contributed by atoms with Crippen molar-refractivity contribution in [2.45, 2.75) is 43.7 Å². The maximum Gasteiger partial charge on any atom is 0.106 e. The van der Waals surface area contributed by atoms with Gasteiger partial charge in [-0.15, -0.1) is 0 Å². The molecule has 110 valence electrons. The van der Waals surface area contributed by atoms with Gasteiger partial charge in [0.15, 0.2) is 0 Å². The molecule has 3 rings (SSSR count). The van der Waals surface area contributed by atoms with Crippen LogP contribution >= 0.6 is 0 Å². The van der Waals surface area contributed by atoms with Crippen LogP contribution < -0.4 is 5.32 Å². The molecule has 0 aromatic heterocycles. The molecule has 3 atom stereocenters. The minimum absolute atomic E-state index is 0.127. The van der Waals surface area contributed by atoms with E-state index in [0.717, 1.165) is 19.6 Å². The Labute approximate surface area is 121 Å². The van der Waals surface area contributed by atoms with Crippen LogP contribution in [0.4, 0.5) is 0 Å². The van der Waals surface area contributed by atoms with Crippen molar-refractivity contribution in [1.29, 1.82) is 0 Å². The lowest BCUT2D eigenvalue weighted by Crippen LogP contribution is -2.44. The van der Waals surface area contributed by atoms with Gasteiger partial charge in [-0.25, -0.2) is 0 Å². The zero-order valence-corrected chi connectivity index (χ0v) is 12.5. The van der Waals surface area contributed by atoms with Crippen molar-refractivity contribution >= 4 is 0 Å². The second kappa shape index (κ2) is 5.84. The van der Waals surface area contributed by atoms with Crippen LogP contribution in [-0.4, -0.2) is 32.5 Å². The van der Waals surface area contributed by atoms with E-state index in [1.807, 2.05) is 0 Å². The Morgan fingerprint density at radius 1 is 1.30 bits per heavy atom. The lowest BCUT2D eigenvalue weighted by atomic mass is 9.81. The van der Waals surface area contributed by atoms with Gasteiger partial charge >= 0.3 is 0 Å². The maximum absolute atomic E-state index is 5.71. The average Bonchev–Trinajstić information content (AvgIpc) is 2.96. The van der Waals surface area contributed by atoms with Crippen molar-refractivity contribution in [3.8, 4) is 0 Å². The van der Waals surface area contributed by atoms with E-state index in [2.05, 4.69) is 36.5 Å². The van der Waals surface area contributed by atoms with Crippen molar-refractivity contribution < 1.29 is 9.47 Å². The molecule has 0 bridgehead atoms. The van der Waals surface area contributed by atoms with Crippen molar-refractivity contribution in [3.05, 3.63) is 35.4 Å².